The van der Waals surface area contributed by atoms with Crippen molar-refractivity contribution in [2.45, 2.75) is 45.8 Å². The Balaban J connectivity index is 2.21. The first-order valence-corrected chi connectivity index (χ1v) is 8.08. The number of carbonyl (C=O) groups excluding carboxylic acids is 1. The van der Waals surface area contributed by atoms with Crippen molar-refractivity contribution in [1.82, 2.24) is 10.6 Å². The zero-order valence-corrected chi connectivity index (χ0v) is 15.1. The van der Waals surface area contributed by atoms with Crippen LogP contribution in [0.4, 0.5) is 0 Å². The zero-order chi connectivity index (χ0) is 17.3. The van der Waals surface area contributed by atoms with Gasteiger partial charge in [0.1, 0.15) is 11.4 Å². The van der Waals surface area contributed by atoms with E-state index < -0.39 is 5.60 Å². The van der Waals surface area contributed by atoms with Crippen molar-refractivity contribution < 1.29 is 14.3 Å². The van der Waals surface area contributed by atoms with E-state index in [2.05, 4.69) is 10.6 Å². The Hall–Kier alpha value is -1.82. The monoisotopic (exact) mass is 338 g/mol. The highest BCUT2D eigenvalue weighted by Gasteiger charge is 2.15. The van der Waals surface area contributed by atoms with Crippen molar-refractivity contribution in [1.29, 1.82) is 0 Å². The van der Waals surface area contributed by atoms with Crippen LogP contribution in [-0.4, -0.2) is 30.3 Å². The van der Waals surface area contributed by atoms with E-state index in [0.29, 0.717) is 31.0 Å². The molecule has 0 aromatic heterocycles. The van der Waals surface area contributed by atoms with E-state index in [9.17, 15) is 4.79 Å². The molecule has 0 saturated heterocycles. The summed E-state index contributed by atoms with van der Waals surface area (Å²) in [5, 5.41) is 6.76. The fraction of sp³-hybridized carbons (Fsp3) is 0.529. The maximum atomic E-state index is 11.6. The Kier molecular flexibility index (Phi) is 7.81. The van der Waals surface area contributed by atoms with Crippen LogP contribution in [-0.2, 0) is 16.1 Å². The quantitative estimate of drug-likeness (QED) is 0.453. The predicted molar refractivity (Wildman–Crippen MR) is 95.5 cm³/mol. The first kappa shape index (κ1) is 19.2. The molecule has 2 N–H and O–H groups in total. The first-order valence-electron chi connectivity index (χ1n) is 7.67. The van der Waals surface area contributed by atoms with Crippen molar-refractivity contribution in [3.63, 3.8) is 0 Å². The minimum absolute atomic E-state index is 0.188. The number of para-hydroxylation sites is 1. The molecule has 0 amide bonds. The molecule has 5 nitrogen and oxygen atoms in total. The number of nitrogens with one attached hydrogen (secondary N) is 2. The molecule has 0 heterocycles. The number of ether oxygens (including phenoxy) is 2. The van der Waals surface area contributed by atoms with Gasteiger partial charge in [-0.25, -0.2) is 0 Å². The maximum absolute atomic E-state index is 11.6. The molecule has 0 fully saturated rings. The molecule has 1 aromatic carbocycles. The molecule has 0 aliphatic carbocycles. The third-order valence-electron chi connectivity index (χ3n) is 2.90. The van der Waals surface area contributed by atoms with E-state index in [0.717, 1.165) is 11.3 Å². The Morgan fingerprint density at radius 1 is 1.22 bits per heavy atom. The van der Waals surface area contributed by atoms with Gasteiger partial charge < -0.3 is 20.1 Å². The standard InChI is InChI=1S/C17H26N2O3S/c1-17(2,3)22-15(20)10-7-11-18-16(23)19-12-13-8-5-6-9-14(13)21-4/h5-6,8-9H,7,10-12H2,1-4H3,(H2,18,19,23). The lowest BCUT2D eigenvalue weighted by atomic mass is 10.2. The second-order valence-electron chi connectivity index (χ2n) is 6.11. The summed E-state index contributed by atoms with van der Waals surface area (Å²) < 4.78 is 10.5. The minimum Gasteiger partial charge on any atom is -0.496 e. The highest BCUT2D eigenvalue weighted by Crippen LogP contribution is 2.16. The van der Waals surface area contributed by atoms with Gasteiger partial charge in [-0.15, -0.1) is 0 Å². The highest BCUT2D eigenvalue weighted by atomic mass is 32.1. The number of thiocarbonyl (C=S) groups is 1. The van der Waals surface area contributed by atoms with Gasteiger partial charge in [0.05, 0.1) is 7.11 Å². The summed E-state index contributed by atoms with van der Waals surface area (Å²) >= 11 is 5.22. The lowest BCUT2D eigenvalue weighted by molar-refractivity contribution is -0.154. The van der Waals surface area contributed by atoms with Crippen LogP contribution in [0.2, 0.25) is 0 Å². The van der Waals surface area contributed by atoms with Gasteiger partial charge in [0, 0.05) is 25.1 Å². The van der Waals surface area contributed by atoms with Crippen LogP contribution in [0.1, 0.15) is 39.2 Å². The van der Waals surface area contributed by atoms with Crippen LogP contribution in [0.3, 0.4) is 0 Å². The average molecular weight is 338 g/mol. The van der Waals surface area contributed by atoms with E-state index in [-0.39, 0.29) is 5.97 Å². The highest BCUT2D eigenvalue weighted by molar-refractivity contribution is 7.80. The molecule has 0 aliphatic heterocycles. The fourth-order valence-electron chi connectivity index (χ4n) is 1.91. The Morgan fingerprint density at radius 3 is 2.57 bits per heavy atom. The molecule has 128 valence electrons. The lowest BCUT2D eigenvalue weighted by Crippen LogP contribution is -2.35. The maximum Gasteiger partial charge on any atom is 0.306 e. The number of hydrogen-bond donors (Lipinski definition) is 2. The topological polar surface area (TPSA) is 59.6 Å². The number of benzene rings is 1. The average Bonchev–Trinajstić information content (AvgIpc) is 2.48. The molecule has 23 heavy (non-hydrogen) atoms. The normalized spacial score (nSPS) is 10.8. The molecule has 6 heteroatoms. The number of methoxy groups -OCH3 is 1. The molecule has 0 spiro atoms. The molecular weight excluding hydrogens is 312 g/mol. The lowest BCUT2D eigenvalue weighted by Gasteiger charge is -2.19. The van der Waals surface area contributed by atoms with Gasteiger partial charge in [0.25, 0.3) is 0 Å². The van der Waals surface area contributed by atoms with E-state index in [4.69, 9.17) is 21.7 Å². The molecule has 0 saturated carbocycles. The van der Waals surface area contributed by atoms with E-state index in [1.165, 1.54) is 0 Å². The van der Waals surface area contributed by atoms with E-state index >= 15 is 0 Å². The molecule has 0 radical (unpaired) electrons. The molecule has 1 rings (SSSR count). The van der Waals surface area contributed by atoms with Crippen LogP contribution in [0.25, 0.3) is 0 Å². The van der Waals surface area contributed by atoms with E-state index in [1.807, 2.05) is 45.0 Å². The van der Waals surface area contributed by atoms with Crippen molar-refractivity contribution in [2.24, 2.45) is 0 Å². The van der Waals surface area contributed by atoms with Gasteiger partial charge in [0.2, 0.25) is 0 Å². The van der Waals surface area contributed by atoms with Gasteiger partial charge in [-0.2, -0.15) is 0 Å². The fourth-order valence-corrected chi connectivity index (χ4v) is 2.09. The summed E-state index contributed by atoms with van der Waals surface area (Å²) in [6, 6.07) is 7.78. The Labute approximate surface area is 143 Å². The van der Waals surface area contributed by atoms with Gasteiger partial charge in [-0.3, -0.25) is 4.79 Å². The second-order valence-corrected chi connectivity index (χ2v) is 6.52. The largest absolute Gasteiger partial charge is 0.496 e. The summed E-state index contributed by atoms with van der Waals surface area (Å²) in [6.45, 7) is 6.79. The van der Waals surface area contributed by atoms with Gasteiger partial charge >= 0.3 is 5.97 Å². The zero-order valence-electron chi connectivity index (χ0n) is 14.3. The Bertz CT molecular complexity index is 527. The molecule has 0 aliphatic rings. The molecule has 0 atom stereocenters. The van der Waals surface area contributed by atoms with Crippen LogP contribution in [0.5, 0.6) is 5.75 Å². The first-order chi connectivity index (χ1) is 10.8. The van der Waals surface area contributed by atoms with Crippen molar-refractivity contribution >= 4 is 23.3 Å². The number of rotatable bonds is 7. The van der Waals surface area contributed by atoms with Crippen LogP contribution in [0.15, 0.2) is 24.3 Å². The predicted octanol–water partition coefficient (Wildman–Crippen LogP) is 2.78. The van der Waals surface area contributed by atoms with Gasteiger partial charge in [0.15, 0.2) is 5.11 Å². The third kappa shape index (κ3) is 8.40. The third-order valence-corrected chi connectivity index (χ3v) is 3.18. The van der Waals surface area contributed by atoms with Crippen molar-refractivity contribution in [3.05, 3.63) is 29.8 Å². The SMILES string of the molecule is COc1ccccc1CNC(=S)NCCCC(=O)OC(C)(C)C. The van der Waals surface area contributed by atoms with Crippen molar-refractivity contribution in [2.75, 3.05) is 13.7 Å². The molecular formula is C17H26N2O3S. The molecule has 0 unspecified atom stereocenters. The molecule has 1 aromatic rings. The van der Waals surface area contributed by atoms with Gasteiger partial charge in [-0.1, -0.05) is 18.2 Å². The number of hydrogen-bond acceptors (Lipinski definition) is 4. The summed E-state index contributed by atoms with van der Waals surface area (Å²) in [4.78, 5) is 11.6. The second kappa shape index (κ2) is 9.35. The van der Waals surface area contributed by atoms with Crippen LogP contribution < -0.4 is 15.4 Å². The minimum atomic E-state index is -0.434. The summed E-state index contributed by atoms with van der Waals surface area (Å²) in [5.41, 5.74) is 0.601. The Morgan fingerprint density at radius 2 is 1.91 bits per heavy atom. The van der Waals surface area contributed by atoms with Crippen molar-refractivity contribution in [3.8, 4) is 5.75 Å². The number of carbonyl (C=O) groups is 1. The summed E-state index contributed by atoms with van der Waals surface area (Å²) in [7, 11) is 1.64. The van der Waals surface area contributed by atoms with Crippen LogP contribution >= 0.6 is 12.2 Å². The van der Waals surface area contributed by atoms with E-state index in [1.54, 1.807) is 7.11 Å². The van der Waals surface area contributed by atoms with Gasteiger partial charge in [-0.05, 0) is 45.5 Å². The summed E-state index contributed by atoms with van der Waals surface area (Å²) in [5.74, 6) is 0.639. The molecule has 0 bridgehead atoms. The number of esters is 1. The summed E-state index contributed by atoms with van der Waals surface area (Å²) in [6.07, 6.45) is 1.05. The smallest absolute Gasteiger partial charge is 0.306 e. The van der Waals surface area contributed by atoms with Crippen LogP contribution in [0, 0.1) is 0 Å².